The number of carbonyl (C=O) groups excluding carboxylic acids is 2. The SMILES string of the molecule is CCCCCC(=O)Oc1ccnc(Cc2ccccc2)c1OC(=O)CCCCC. The fraction of sp³-hybridized carbons (Fsp3) is 0.458. The highest BCUT2D eigenvalue weighted by Gasteiger charge is 2.19. The molecule has 2 rings (SSSR count). The zero-order chi connectivity index (χ0) is 20.9. The van der Waals surface area contributed by atoms with Gasteiger partial charge in [0, 0.05) is 31.5 Å². The topological polar surface area (TPSA) is 65.5 Å². The third kappa shape index (κ3) is 8.06. The fourth-order valence-corrected chi connectivity index (χ4v) is 2.95. The standard InChI is InChI=1S/C24H31NO4/c1-3-5-8-14-22(26)28-21-16-17-25-20(18-19-12-10-7-11-13-19)24(21)29-23(27)15-9-6-4-2/h7,10-13,16-17H,3-6,8-9,14-15,18H2,1-2H3. The summed E-state index contributed by atoms with van der Waals surface area (Å²) in [5, 5.41) is 0. The van der Waals surface area contributed by atoms with Crippen LogP contribution in [-0.2, 0) is 16.0 Å². The first-order chi connectivity index (χ1) is 14.1. The van der Waals surface area contributed by atoms with E-state index in [2.05, 4.69) is 18.8 Å². The number of carbonyl (C=O) groups is 2. The van der Waals surface area contributed by atoms with Gasteiger partial charge in [0.2, 0.25) is 0 Å². The van der Waals surface area contributed by atoms with Gasteiger partial charge in [-0.2, -0.15) is 0 Å². The maximum atomic E-state index is 12.4. The molecular formula is C24H31NO4. The van der Waals surface area contributed by atoms with E-state index in [4.69, 9.17) is 9.47 Å². The number of unbranched alkanes of at least 4 members (excludes halogenated alkanes) is 4. The van der Waals surface area contributed by atoms with Crippen molar-refractivity contribution >= 4 is 11.9 Å². The van der Waals surface area contributed by atoms with Crippen LogP contribution in [0.1, 0.15) is 76.5 Å². The number of ether oxygens (including phenoxy) is 2. The highest BCUT2D eigenvalue weighted by Crippen LogP contribution is 2.32. The molecule has 0 aliphatic heterocycles. The summed E-state index contributed by atoms with van der Waals surface area (Å²) >= 11 is 0. The van der Waals surface area contributed by atoms with Crippen LogP contribution < -0.4 is 9.47 Å². The highest BCUT2D eigenvalue weighted by molar-refractivity contribution is 5.76. The molecule has 0 radical (unpaired) electrons. The van der Waals surface area contributed by atoms with E-state index in [0.29, 0.717) is 25.0 Å². The second kappa shape index (κ2) is 12.7. The number of hydrogen-bond acceptors (Lipinski definition) is 5. The van der Waals surface area contributed by atoms with Gasteiger partial charge in [0.15, 0.2) is 11.5 Å². The molecule has 29 heavy (non-hydrogen) atoms. The molecule has 1 heterocycles. The number of esters is 2. The van der Waals surface area contributed by atoms with Crippen LogP contribution in [0.3, 0.4) is 0 Å². The lowest BCUT2D eigenvalue weighted by Crippen LogP contribution is -2.14. The van der Waals surface area contributed by atoms with E-state index in [0.717, 1.165) is 44.1 Å². The predicted octanol–water partition coefficient (Wildman–Crippen LogP) is 5.64. The summed E-state index contributed by atoms with van der Waals surface area (Å²) in [4.78, 5) is 29.0. The lowest BCUT2D eigenvalue weighted by Gasteiger charge is -2.14. The second-order valence-electron chi connectivity index (χ2n) is 7.11. The van der Waals surface area contributed by atoms with Gasteiger partial charge in [0.1, 0.15) is 0 Å². The normalized spacial score (nSPS) is 10.6. The lowest BCUT2D eigenvalue weighted by molar-refractivity contribution is -0.137. The largest absolute Gasteiger partial charge is 0.422 e. The molecule has 0 spiro atoms. The Morgan fingerprint density at radius 3 is 2.07 bits per heavy atom. The van der Waals surface area contributed by atoms with Crippen molar-refractivity contribution < 1.29 is 19.1 Å². The van der Waals surface area contributed by atoms with Crippen LogP contribution in [0.15, 0.2) is 42.6 Å². The third-order valence-electron chi connectivity index (χ3n) is 4.57. The Morgan fingerprint density at radius 1 is 0.828 bits per heavy atom. The molecule has 0 aliphatic rings. The highest BCUT2D eigenvalue weighted by atomic mass is 16.6. The van der Waals surface area contributed by atoms with Crippen molar-refractivity contribution in [2.45, 2.75) is 71.6 Å². The van der Waals surface area contributed by atoms with Crippen molar-refractivity contribution in [3.05, 3.63) is 53.9 Å². The molecule has 1 aromatic carbocycles. The van der Waals surface area contributed by atoms with Gasteiger partial charge >= 0.3 is 11.9 Å². The minimum absolute atomic E-state index is 0.252. The molecule has 0 aliphatic carbocycles. The second-order valence-corrected chi connectivity index (χ2v) is 7.11. The number of rotatable bonds is 12. The van der Waals surface area contributed by atoms with Crippen molar-refractivity contribution in [3.8, 4) is 11.5 Å². The maximum absolute atomic E-state index is 12.4. The van der Waals surface area contributed by atoms with Crippen LogP contribution in [0.2, 0.25) is 0 Å². The minimum Gasteiger partial charge on any atom is -0.422 e. The van der Waals surface area contributed by atoms with Crippen LogP contribution in [0.25, 0.3) is 0 Å². The third-order valence-corrected chi connectivity index (χ3v) is 4.57. The van der Waals surface area contributed by atoms with Crippen molar-refractivity contribution in [3.63, 3.8) is 0 Å². The molecule has 0 bridgehead atoms. The van der Waals surface area contributed by atoms with Crippen molar-refractivity contribution in [2.24, 2.45) is 0 Å². The Hall–Kier alpha value is -2.69. The Labute approximate surface area is 173 Å². The maximum Gasteiger partial charge on any atom is 0.311 e. The van der Waals surface area contributed by atoms with Crippen LogP contribution in [0.5, 0.6) is 11.5 Å². The first-order valence-corrected chi connectivity index (χ1v) is 10.6. The molecule has 0 atom stereocenters. The zero-order valence-corrected chi connectivity index (χ0v) is 17.5. The van der Waals surface area contributed by atoms with Crippen LogP contribution >= 0.6 is 0 Å². The lowest BCUT2D eigenvalue weighted by atomic mass is 10.1. The smallest absolute Gasteiger partial charge is 0.311 e. The fourth-order valence-electron chi connectivity index (χ4n) is 2.95. The van der Waals surface area contributed by atoms with Gasteiger partial charge in [0.25, 0.3) is 0 Å². The average Bonchev–Trinajstić information content (AvgIpc) is 2.71. The molecule has 2 aromatic rings. The summed E-state index contributed by atoms with van der Waals surface area (Å²) in [6, 6.07) is 11.4. The first kappa shape index (κ1) is 22.6. The molecule has 0 N–H and O–H groups in total. The number of pyridine rings is 1. The summed E-state index contributed by atoms with van der Waals surface area (Å²) in [5.74, 6) is -0.138. The summed E-state index contributed by atoms with van der Waals surface area (Å²) in [7, 11) is 0. The quantitative estimate of drug-likeness (QED) is 0.342. The van der Waals surface area contributed by atoms with Gasteiger partial charge < -0.3 is 9.47 Å². The monoisotopic (exact) mass is 397 g/mol. The molecule has 156 valence electrons. The van der Waals surface area contributed by atoms with Gasteiger partial charge in [-0.3, -0.25) is 14.6 Å². The molecule has 0 amide bonds. The average molecular weight is 398 g/mol. The van der Waals surface area contributed by atoms with Crippen molar-refractivity contribution in [2.75, 3.05) is 0 Å². The number of nitrogens with zero attached hydrogens (tertiary/aromatic N) is 1. The van der Waals surface area contributed by atoms with E-state index in [-0.39, 0.29) is 23.4 Å². The molecule has 0 unspecified atom stereocenters. The number of hydrogen-bond donors (Lipinski definition) is 0. The van der Waals surface area contributed by atoms with Crippen molar-refractivity contribution in [1.82, 2.24) is 4.98 Å². The number of aromatic nitrogens is 1. The van der Waals surface area contributed by atoms with Crippen LogP contribution in [0.4, 0.5) is 0 Å². The van der Waals surface area contributed by atoms with E-state index in [1.807, 2.05) is 30.3 Å². The Bertz CT molecular complexity index is 774. The Kier molecular flexibility index (Phi) is 9.90. The Morgan fingerprint density at radius 2 is 1.45 bits per heavy atom. The summed E-state index contributed by atoms with van der Waals surface area (Å²) < 4.78 is 11.2. The van der Waals surface area contributed by atoms with E-state index in [1.165, 1.54) is 0 Å². The molecule has 0 saturated heterocycles. The summed E-state index contributed by atoms with van der Waals surface area (Å²) in [5.41, 5.74) is 1.62. The minimum atomic E-state index is -0.330. The van der Waals surface area contributed by atoms with Gasteiger partial charge in [-0.05, 0) is 18.4 Å². The van der Waals surface area contributed by atoms with E-state index >= 15 is 0 Å². The van der Waals surface area contributed by atoms with Gasteiger partial charge in [-0.25, -0.2) is 0 Å². The van der Waals surface area contributed by atoms with Gasteiger partial charge in [-0.1, -0.05) is 69.9 Å². The molecule has 0 saturated carbocycles. The zero-order valence-electron chi connectivity index (χ0n) is 17.5. The van der Waals surface area contributed by atoms with E-state index < -0.39 is 0 Å². The molecule has 1 aromatic heterocycles. The van der Waals surface area contributed by atoms with Gasteiger partial charge in [-0.15, -0.1) is 0 Å². The number of benzene rings is 1. The van der Waals surface area contributed by atoms with Crippen LogP contribution in [-0.4, -0.2) is 16.9 Å². The van der Waals surface area contributed by atoms with E-state index in [9.17, 15) is 9.59 Å². The van der Waals surface area contributed by atoms with Crippen molar-refractivity contribution in [1.29, 1.82) is 0 Å². The first-order valence-electron chi connectivity index (χ1n) is 10.6. The molecule has 5 nitrogen and oxygen atoms in total. The van der Waals surface area contributed by atoms with Gasteiger partial charge in [0.05, 0.1) is 5.69 Å². The molecule has 0 fully saturated rings. The molecular weight excluding hydrogens is 366 g/mol. The Balaban J connectivity index is 2.20. The predicted molar refractivity (Wildman–Crippen MR) is 113 cm³/mol. The van der Waals surface area contributed by atoms with E-state index in [1.54, 1.807) is 12.3 Å². The van der Waals surface area contributed by atoms with Crippen LogP contribution in [0, 0.1) is 0 Å². The summed E-state index contributed by atoms with van der Waals surface area (Å²) in [6.07, 6.45) is 8.30. The summed E-state index contributed by atoms with van der Waals surface area (Å²) in [6.45, 7) is 4.17. The molecule has 5 heteroatoms.